The SMILES string of the molecule is CCN(CCN(CC(=O)O)CC(CCO)N(CC)CC(=O)N(C)CC(O)CO)CC(=O)N(C)CC(O)CO. The first-order valence-electron chi connectivity index (χ1n) is 13.0. The summed E-state index contributed by atoms with van der Waals surface area (Å²) >= 11 is 0. The number of carbonyl (C=O) groups excluding carboxylic acids is 2. The van der Waals surface area contributed by atoms with Crippen LogP contribution in [0.15, 0.2) is 0 Å². The average Bonchev–Trinajstić information content (AvgIpc) is 2.87. The van der Waals surface area contributed by atoms with Crippen LogP contribution < -0.4 is 0 Å². The lowest BCUT2D eigenvalue weighted by Gasteiger charge is -2.35. The summed E-state index contributed by atoms with van der Waals surface area (Å²) in [6.45, 7) is 4.43. The fourth-order valence-corrected chi connectivity index (χ4v) is 3.95. The molecule has 38 heavy (non-hydrogen) atoms. The van der Waals surface area contributed by atoms with E-state index in [1.165, 1.54) is 23.9 Å². The molecule has 0 rings (SSSR count). The number of aliphatic carboxylic acids is 1. The van der Waals surface area contributed by atoms with Crippen molar-refractivity contribution in [3.8, 4) is 0 Å². The van der Waals surface area contributed by atoms with Crippen LogP contribution in [0.3, 0.4) is 0 Å². The fraction of sp³-hybridized carbons (Fsp3) is 0.875. The maximum atomic E-state index is 12.7. The summed E-state index contributed by atoms with van der Waals surface area (Å²) in [7, 11) is 3.06. The average molecular weight is 552 g/mol. The Bertz CT molecular complexity index is 688. The van der Waals surface area contributed by atoms with Gasteiger partial charge in [0.1, 0.15) is 0 Å². The monoisotopic (exact) mass is 551 g/mol. The number of carbonyl (C=O) groups is 3. The highest BCUT2D eigenvalue weighted by molar-refractivity contribution is 5.78. The van der Waals surface area contributed by atoms with Crippen LogP contribution >= 0.6 is 0 Å². The van der Waals surface area contributed by atoms with Gasteiger partial charge in [0.05, 0.1) is 45.1 Å². The molecule has 0 saturated carbocycles. The molecule has 2 amide bonds. The minimum Gasteiger partial charge on any atom is -0.480 e. The van der Waals surface area contributed by atoms with Crippen molar-refractivity contribution in [2.75, 3.05) is 99.4 Å². The number of hydrogen-bond donors (Lipinski definition) is 6. The van der Waals surface area contributed by atoms with Crippen molar-refractivity contribution in [2.45, 2.75) is 38.5 Å². The van der Waals surface area contributed by atoms with Gasteiger partial charge in [-0.25, -0.2) is 0 Å². The summed E-state index contributed by atoms with van der Waals surface area (Å²) in [5, 5.41) is 56.3. The van der Waals surface area contributed by atoms with Gasteiger partial charge in [-0.1, -0.05) is 13.8 Å². The van der Waals surface area contributed by atoms with E-state index in [9.17, 15) is 34.8 Å². The molecule has 0 spiro atoms. The number of likely N-dealkylation sites (N-methyl/N-ethyl adjacent to an activating group) is 4. The number of carboxylic acid groups (broad SMARTS) is 1. The van der Waals surface area contributed by atoms with Gasteiger partial charge in [0.2, 0.25) is 11.8 Å². The number of aliphatic hydroxyl groups is 5. The maximum absolute atomic E-state index is 12.7. The Morgan fingerprint density at radius 2 is 1.21 bits per heavy atom. The summed E-state index contributed by atoms with van der Waals surface area (Å²) in [5.41, 5.74) is 0. The Hall–Kier alpha value is -1.91. The molecular weight excluding hydrogens is 502 g/mol. The van der Waals surface area contributed by atoms with Crippen LogP contribution in [-0.2, 0) is 14.4 Å². The van der Waals surface area contributed by atoms with Gasteiger partial charge in [0, 0.05) is 59.5 Å². The van der Waals surface area contributed by atoms with Gasteiger partial charge in [-0.15, -0.1) is 0 Å². The predicted molar refractivity (Wildman–Crippen MR) is 140 cm³/mol. The van der Waals surface area contributed by atoms with Crippen LogP contribution in [0.4, 0.5) is 0 Å². The molecule has 0 aromatic rings. The number of hydrogen-bond acceptors (Lipinski definition) is 11. The lowest BCUT2D eigenvalue weighted by Crippen LogP contribution is -2.51. The van der Waals surface area contributed by atoms with Gasteiger partial charge in [-0.3, -0.25) is 29.1 Å². The van der Waals surface area contributed by atoms with E-state index in [0.29, 0.717) is 32.6 Å². The lowest BCUT2D eigenvalue weighted by atomic mass is 10.1. The van der Waals surface area contributed by atoms with Crippen molar-refractivity contribution in [1.82, 2.24) is 24.5 Å². The molecule has 0 heterocycles. The van der Waals surface area contributed by atoms with Crippen molar-refractivity contribution >= 4 is 17.8 Å². The quantitative estimate of drug-likeness (QED) is 0.0776. The molecule has 3 unspecified atom stereocenters. The molecule has 0 radical (unpaired) electrons. The number of rotatable bonds is 22. The second-order valence-electron chi connectivity index (χ2n) is 9.45. The summed E-state index contributed by atoms with van der Waals surface area (Å²) < 4.78 is 0. The van der Waals surface area contributed by atoms with Crippen LogP contribution in [0.5, 0.6) is 0 Å². The van der Waals surface area contributed by atoms with Gasteiger partial charge in [-0.2, -0.15) is 0 Å². The van der Waals surface area contributed by atoms with Crippen LogP contribution in [0.2, 0.25) is 0 Å². The Labute approximate surface area is 225 Å². The highest BCUT2D eigenvalue weighted by Crippen LogP contribution is 2.09. The third-order valence-corrected chi connectivity index (χ3v) is 6.33. The largest absolute Gasteiger partial charge is 0.480 e. The van der Waals surface area contributed by atoms with Gasteiger partial charge in [0.15, 0.2) is 0 Å². The number of amides is 2. The molecule has 0 aromatic heterocycles. The van der Waals surface area contributed by atoms with E-state index >= 15 is 0 Å². The molecule has 6 N–H and O–H groups in total. The molecule has 14 nitrogen and oxygen atoms in total. The summed E-state index contributed by atoms with van der Waals surface area (Å²) in [4.78, 5) is 44.8. The van der Waals surface area contributed by atoms with E-state index in [1.807, 2.05) is 23.6 Å². The van der Waals surface area contributed by atoms with Crippen molar-refractivity contribution in [3.63, 3.8) is 0 Å². The molecule has 3 atom stereocenters. The van der Waals surface area contributed by atoms with Crippen molar-refractivity contribution < 1.29 is 45.0 Å². The van der Waals surface area contributed by atoms with Gasteiger partial charge < -0.3 is 40.4 Å². The Morgan fingerprint density at radius 1 is 0.711 bits per heavy atom. The zero-order valence-corrected chi connectivity index (χ0v) is 23.3. The van der Waals surface area contributed by atoms with E-state index in [0.717, 1.165) is 0 Å². The predicted octanol–water partition coefficient (Wildman–Crippen LogP) is -3.61. The molecule has 0 aliphatic carbocycles. The highest BCUT2D eigenvalue weighted by Gasteiger charge is 2.25. The fourth-order valence-electron chi connectivity index (χ4n) is 3.95. The second-order valence-corrected chi connectivity index (χ2v) is 9.45. The number of aliphatic hydroxyl groups excluding tert-OH is 5. The second kappa shape index (κ2) is 20.1. The minimum absolute atomic E-state index is 0.000584. The molecule has 0 aromatic carbocycles. The first-order chi connectivity index (χ1) is 17.9. The van der Waals surface area contributed by atoms with Crippen LogP contribution in [0.1, 0.15) is 20.3 Å². The molecular formula is C24H49N5O9. The Morgan fingerprint density at radius 3 is 1.63 bits per heavy atom. The molecule has 0 aliphatic rings. The molecule has 14 heteroatoms. The number of carboxylic acids is 1. The lowest BCUT2D eigenvalue weighted by molar-refractivity contribution is -0.139. The van der Waals surface area contributed by atoms with Crippen LogP contribution in [0, 0.1) is 0 Å². The van der Waals surface area contributed by atoms with Crippen molar-refractivity contribution in [2.24, 2.45) is 0 Å². The third kappa shape index (κ3) is 14.9. The standard InChI is InChI=1S/C24H49N5O9/c1-5-27(14-22(35)25(3)12-20(33)17-31)8-9-28(16-24(37)38)11-19(7-10-30)29(6-2)15-23(36)26(4)13-21(34)18-32/h19-21,30-34H,5-18H2,1-4H3,(H,37,38). The Balaban J connectivity index is 5.31. The zero-order valence-electron chi connectivity index (χ0n) is 23.3. The minimum atomic E-state index is -1.05. The van der Waals surface area contributed by atoms with E-state index in [4.69, 9.17) is 10.2 Å². The summed E-state index contributed by atoms with van der Waals surface area (Å²) in [6.07, 6.45) is -1.76. The summed E-state index contributed by atoms with van der Waals surface area (Å²) in [6, 6.07) is -0.327. The number of nitrogens with zero attached hydrogens (tertiary/aromatic N) is 5. The molecule has 0 aliphatic heterocycles. The van der Waals surface area contributed by atoms with E-state index < -0.39 is 31.4 Å². The molecule has 0 saturated heterocycles. The van der Waals surface area contributed by atoms with E-state index in [1.54, 1.807) is 4.90 Å². The van der Waals surface area contributed by atoms with Crippen LogP contribution in [-0.4, -0.2) is 191 Å². The van der Waals surface area contributed by atoms with Gasteiger partial charge in [-0.05, 0) is 19.5 Å². The van der Waals surface area contributed by atoms with Gasteiger partial charge >= 0.3 is 5.97 Å². The van der Waals surface area contributed by atoms with E-state index in [-0.39, 0.29) is 63.7 Å². The maximum Gasteiger partial charge on any atom is 0.317 e. The van der Waals surface area contributed by atoms with Crippen molar-refractivity contribution in [3.05, 3.63) is 0 Å². The Kier molecular flexibility index (Phi) is 19.0. The topological polar surface area (TPSA) is 189 Å². The normalized spacial score (nSPS) is 14.1. The molecule has 0 fully saturated rings. The zero-order chi connectivity index (χ0) is 29.3. The van der Waals surface area contributed by atoms with Gasteiger partial charge in [0.25, 0.3) is 0 Å². The molecule has 0 bridgehead atoms. The van der Waals surface area contributed by atoms with E-state index in [2.05, 4.69) is 0 Å². The highest BCUT2D eigenvalue weighted by atomic mass is 16.4. The first kappa shape index (κ1) is 36.1. The first-order valence-corrected chi connectivity index (χ1v) is 13.0. The smallest absolute Gasteiger partial charge is 0.317 e. The third-order valence-electron chi connectivity index (χ3n) is 6.33. The van der Waals surface area contributed by atoms with Crippen LogP contribution in [0.25, 0.3) is 0 Å². The summed E-state index contributed by atoms with van der Waals surface area (Å²) in [5.74, 6) is -1.55. The van der Waals surface area contributed by atoms with Crippen molar-refractivity contribution in [1.29, 1.82) is 0 Å². The molecule has 224 valence electrons.